The molecule has 27 heavy (non-hydrogen) atoms. The Bertz CT molecular complexity index is 1120. The van der Waals surface area contributed by atoms with Gasteiger partial charge in [-0.15, -0.1) is 0 Å². The van der Waals surface area contributed by atoms with Gasteiger partial charge >= 0.3 is 0 Å². The molecule has 0 atom stereocenters. The molecule has 1 aromatic carbocycles. The Labute approximate surface area is 161 Å². The van der Waals surface area contributed by atoms with Gasteiger partial charge in [0.25, 0.3) is 5.91 Å². The van der Waals surface area contributed by atoms with Gasteiger partial charge in [-0.1, -0.05) is 23.5 Å². The maximum absolute atomic E-state index is 13.2. The number of carbonyl (C=O) groups is 1. The summed E-state index contributed by atoms with van der Waals surface area (Å²) in [7, 11) is 1.81. The quantitative estimate of drug-likeness (QED) is 0.541. The van der Waals surface area contributed by atoms with Crippen LogP contribution in [-0.2, 0) is 13.6 Å². The summed E-state index contributed by atoms with van der Waals surface area (Å²) < 4.78 is 2.81. The van der Waals surface area contributed by atoms with E-state index in [0.717, 1.165) is 27.0 Å². The lowest BCUT2D eigenvalue weighted by Crippen LogP contribution is -2.32. The van der Waals surface area contributed by atoms with Crippen molar-refractivity contribution in [2.75, 3.05) is 4.90 Å². The Hall–Kier alpha value is -3.06. The lowest BCUT2D eigenvalue weighted by molar-refractivity contribution is 0.0972. The third-order valence-electron chi connectivity index (χ3n) is 4.34. The van der Waals surface area contributed by atoms with Crippen LogP contribution in [0.2, 0.25) is 0 Å². The van der Waals surface area contributed by atoms with Crippen molar-refractivity contribution in [1.29, 1.82) is 0 Å². The van der Waals surface area contributed by atoms with Crippen molar-refractivity contribution in [2.24, 2.45) is 7.05 Å². The fourth-order valence-corrected chi connectivity index (χ4v) is 4.07. The number of rotatable bonds is 4. The van der Waals surface area contributed by atoms with Crippen molar-refractivity contribution >= 4 is 32.6 Å². The molecule has 0 radical (unpaired) electrons. The predicted octanol–water partition coefficient (Wildman–Crippen LogP) is 3.89. The second-order valence-electron chi connectivity index (χ2n) is 6.50. The molecule has 0 aliphatic heterocycles. The lowest BCUT2D eigenvalue weighted by Gasteiger charge is -2.19. The van der Waals surface area contributed by atoms with Gasteiger partial charge in [0.15, 0.2) is 11.0 Å². The zero-order chi connectivity index (χ0) is 19.0. The van der Waals surface area contributed by atoms with Crippen molar-refractivity contribution in [3.05, 3.63) is 71.6 Å². The Balaban J connectivity index is 1.81. The van der Waals surface area contributed by atoms with Crippen LogP contribution in [0.5, 0.6) is 0 Å². The fraction of sp³-hybridized carbons (Fsp3) is 0.200. The van der Waals surface area contributed by atoms with E-state index in [2.05, 4.69) is 29.9 Å². The monoisotopic (exact) mass is 377 g/mol. The van der Waals surface area contributed by atoms with Crippen LogP contribution in [-0.4, -0.2) is 25.4 Å². The van der Waals surface area contributed by atoms with Crippen molar-refractivity contribution in [3.8, 4) is 0 Å². The standard InChI is InChI=1S/C20H19N5OS/c1-13-10-14(2)17-16(11-13)23-20(27-17)25(12-15-6-4-5-7-21-15)19(26)18-22-8-9-24(18)3/h4-11H,12H2,1-3H3. The second kappa shape index (κ2) is 6.92. The topological polar surface area (TPSA) is 63.9 Å². The number of pyridine rings is 1. The first kappa shape index (κ1) is 17.4. The van der Waals surface area contributed by atoms with Gasteiger partial charge in [0.1, 0.15) is 0 Å². The van der Waals surface area contributed by atoms with Crippen LogP contribution < -0.4 is 4.90 Å². The number of imidazole rings is 1. The van der Waals surface area contributed by atoms with Gasteiger partial charge < -0.3 is 4.57 Å². The maximum atomic E-state index is 13.2. The first-order valence-electron chi connectivity index (χ1n) is 8.60. The third kappa shape index (κ3) is 3.33. The minimum Gasteiger partial charge on any atom is -0.330 e. The summed E-state index contributed by atoms with van der Waals surface area (Å²) in [5.74, 6) is 0.180. The number of amides is 1. The van der Waals surface area contributed by atoms with E-state index in [1.54, 1.807) is 28.1 Å². The fourth-order valence-electron chi connectivity index (χ4n) is 3.05. The highest BCUT2D eigenvalue weighted by atomic mass is 32.1. The Kier molecular flexibility index (Phi) is 4.45. The molecular weight excluding hydrogens is 358 g/mol. The summed E-state index contributed by atoms with van der Waals surface area (Å²) >= 11 is 1.52. The van der Waals surface area contributed by atoms with E-state index in [4.69, 9.17) is 4.98 Å². The molecule has 6 nitrogen and oxygen atoms in total. The molecule has 0 saturated carbocycles. The number of benzene rings is 1. The summed E-state index contributed by atoms with van der Waals surface area (Å²) in [5, 5.41) is 0.650. The highest BCUT2D eigenvalue weighted by Crippen LogP contribution is 2.33. The molecule has 0 unspecified atom stereocenters. The summed E-state index contributed by atoms with van der Waals surface area (Å²) in [6.07, 6.45) is 5.11. The molecule has 136 valence electrons. The molecule has 4 rings (SSSR count). The molecular formula is C20H19N5OS. The zero-order valence-electron chi connectivity index (χ0n) is 15.4. The highest BCUT2D eigenvalue weighted by molar-refractivity contribution is 7.22. The number of aromatic nitrogens is 4. The second-order valence-corrected chi connectivity index (χ2v) is 7.48. The molecule has 7 heteroatoms. The number of hydrogen-bond acceptors (Lipinski definition) is 5. The highest BCUT2D eigenvalue weighted by Gasteiger charge is 2.25. The van der Waals surface area contributed by atoms with E-state index in [-0.39, 0.29) is 5.91 Å². The van der Waals surface area contributed by atoms with Gasteiger partial charge in [0, 0.05) is 25.6 Å². The van der Waals surface area contributed by atoms with Crippen molar-refractivity contribution in [2.45, 2.75) is 20.4 Å². The van der Waals surface area contributed by atoms with Gasteiger partial charge in [-0.05, 0) is 43.2 Å². The van der Waals surface area contributed by atoms with Crippen LogP contribution in [0.3, 0.4) is 0 Å². The van der Waals surface area contributed by atoms with Crippen LogP contribution in [0.25, 0.3) is 10.2 Å². The van der Waals surface area contributed by atoms with Crippen molar-refractivity contribution in [3.63, 3.8) is 0 Å². The molecule has 0 bridgehead atoms. The van der Waals surface area contributed by atoms with E-state index in [1.165, 1.54) is 11.3 Å². The molecule has 0 aliphatic rings. The van der Waals surface area contributed by atoms with E-state index >= 15 is 0 Å². The first-order valence-corrected chi connectivity index (χ1v) is 9.41. The SMILES string of the molecule is Cc1cc(C)c2sc(N(Cc3ccccn3)C(=O)c3nccn3C)nc2c1. The summed E-state index contributed by atoms with van der Waals surface area (Å²) in [6.45, 7) is 4.46. The Morgan fingerprint density at radius 2 is 2.04 bits per heavy atom. The van der Waals surface area contributed by atoms with Crippen LogP contribution in [0.15, 0.2) is 48.9 Å². The first-order chi connectivity index (χ1) is 13.0. The van der Waals surface area contributed by atoms with E-state index in [0.29, 0.717) is 17.5 Å². The molecule has 4 aromatic rings. The summed E-state index contributed by atoms with van der Waals surface area (Å²) in [5.41, 5.74) is 4.03. The van der Waals surface area contributed by atoms with Gasteiger partial charge in [-0.25, -0.2) is 9.97 Å². The number of carbonyl (C=O) groups excluding carboxylic acids is 1. The molecule has 3 aromatic heterocycles. The minimum absolute atomic E-state index is 0.193. The smallest absolute Gasteiger partial charge is 0.296 e. The molecule has 0 saturated heterocycles. The normalized spacial score (nSPS) is 11.1. The molecule has 3 heterocycles. The molecule has 0 N–H and O–H groups in total. The van der Waals surface area contributed by atoms with Crippen LogP contribution in [0.4, 0.5) is 5.13 Å². The van der Waals surface area contributed by atoms with Crippen LogP contribution >= 0.6 is 11.3 Å². The third-order valence-corrected chi connectivity index (χ3v) is 5.57. The lowest BCUT2D eigenvalue weighted by atomic mass is 10.1. The number of anilines is 1. The molecule has 0 fully saturated rings. The van der Waals surface area contributed by atoms with Crippen molar-refractivity contribution in [1.82, 2.24) is 19.5 Å². The van der Waals surface area contributed by atoms with Crippen LogP contribution in [0.1, 0.15) is 27.4 Å². The average molecular weight is 377 g/mol. The van der Waals surface area contributed by atoms with E-state index < -0.39 is 0 Å². The zero-order valence-corrected chi connectivity index (χ0v) is 16.2. The molecule has 1 amide bonds. The van der Waals surface area contributed by atoms with Gasteiger partial charge in [0.05, 0.1) is 22.5 Å². The Morgan fingerprint density at radius 1 is 1.19 bits per heavy atom. The summed E-state index contributed by atoms with van der Waals surface area (Å²) in [4.78, 5) is 28.2. The van der Waals surface area contributed by atoms with Gasteiger partial charge in [-0.3, -0.25) is 14.7 Å². The van der Waals surface area contributed by atoms with Crippen molar-refractivity contribution < 1.29 is 4.79 Å². The number of fused-ring (bicyclic) bond motifs is 1. The summed E-state index contributed by atoms with van der Waals surface area (Å²) in [6, 6.07) is 9.86. The molecule has 0 aliphatic carbocycles. The van der Waals surface area contributed by atoms with Gasteiger partial charge in [-0.2, -0.15) is 0 Å². The number of aryl methyl sites for hydroxylation is 3. The van der Waals surface area contributed by atoms with Crippen LogP contribution in [0, 0.1) is 13.8 Å². The number of thiazole rings is 1. The van der Waals surface area contributed by atoms with Gasteiger partial charge in [0.2, 0.25) is 0 Å². The average Bonchev–Trinajstić information content (AvgIpc) is 3.26. The van der Waals surface area contributed by atoms with E-state index in [9.17, 15) is 4.79 Å². The van der Waals surface area contributed by atoms with E-state index in [1.807, 2.05) is 31.3 Å². The number of nitrogens with zero attached hydrogens (tertiary/aromatic N) is 5. The largest absolute Gasteiger partial charge is 0.330 e. The molecule has 0 spiro atoms. The Morgan fingerprint density at radius 3 is 2.74 bits per heavy atom. The number of hydrogen-bond donors (Lipinski definition) is 0. The maximum Gasteiger partial charge on any atom is 0.296 e. The predicted molar refractivity (Wildman–Crippen MR) is 107 cm³/mol. The minimum atomic E-state index is -0.193.